The summed E-state index contributed by atoms with van der Waals surface area (Å²) in [5, 5.41) is 18.4. The standard InChI is InChI=1S/C6H14N2O2/c7-5(8)3-1-2-4-6(5,9)10/h9-10H,1-4,7-8H2. The van der Waals surface area contributed by atoms with Crippen molar-refractivity contribution in [3.05, 3.63) is 0 Å². The fraction of sp³-hybridized carbons (Fsp3) is 1.00. The molecule has 1 aliphatic carbocycles. The first-order valence-electron chi connectivity index (χ1n) is 3.48. The predicted molar refractivity (Wildman–Crippen MR) is 36.7 cm³/mol. The van der Waals surface area contributed by atoms with Gasteiger partial charge in [-0.3, -0.25) is 0 Å². The van der Waals surface area contributed by atoms with Crippen LogP contribution in [-0.4, -0.2) is 21.7 Å². The largest absolute Gasteiger partial charge is 0.363 e. The minimum absolute atomic E-state index is 0.278. The molecule has 0 aromatic heterocycles. The Morgan fingerprint density at radius 3 is 1.80 bits per heavy atom. The van der Waals surface area contributed by atoms with Crippen molar-refractivity contribution >= 4 is 0 Å². The minimum atomic E-state index is -1.87. The lowest BCUT2D eigenvalue weighted by molar-refractivity contribution is -0.225. The average molecular weight is 146 g/mol. The molecule has 0 atom stereocenters. The Labute approximate surface area is 59.8 Å². The first kappa shape index (κ1) is 7.94. The van der Waals surface area contributed by atoms with Gasteiger partial charge in [0.15, 0.2) is 5.79 Å². The molecule has 0 bridgehead atoms. The van der Waals surface area contributed by atoms with Crippen molar-refractivity contribution in [2.24, 2.45) is 11.5 Å². The monoisotopic (exact) mass is 146 g/mol. The molecule has 0 unspecified atom stereocenters. The van der Waals surface area contributed by atoms with Gasteiger partial charge in [0.05, 0.1) is 0 Å². The van der Waals surface area contributed by atoms with E-state index in [-0.39, 0.29) is 6.42 Å². The van der Waals surface area contributed by atoms with Gasteiger partial charge in [0.2, 0.25) is 0 Å². The molecule has 0 spiro atoms. The Morgan fingerprint density at radius 1 is 1.00 bits per heavy atom. The average Bonchev–Trinajstić information content (AvgIpc) is 1.77. The van der Waals surface area contributed by atoms with Crippen LogP contribution in [0.25, 0.3) is 0 Å². The van der Waals surface area contributed by atoms with E-state index in [2.05, 4.69) is 0 Å². The molecule has 1 aliphatic rings. The third-order valence-electron chi connectivity index (χ3n) is 2.11. The van der Waals surface area contributed by atoms with Crippen molar-refractivity contribution in [1.82, 2.24) is 0 Å². The molecule has 60 valence electrons. The third-order valence-corrected chi connectivity index (χ3v) is 2.11. The summed E-state index contributed by atoms with van der Waals surface area (Å²) in [6.07, 6.45) is 2.40. The van der Waals surface area contributed by atoms with E-state index in [0.29, 0.717) is 6.42 Å². The van der Waals surface area contributed by atoms with Gasteiger partial charge in [-0.25, -0.2) is 0 Å². The molecule has 10 heavy (non-hydrogen) atoms. The highest BCUT2D eigenvalue weighted by Crippen LogP contribution is 2.29. The highest BCUT2D eigenvalue weighted by Gasteiger charge is 2.45. The van der Waals surface area contributed by atoms with Crippen LogP contribution in [0, 0.1) is 0 Å². The Morgan fingerprint density at radius 2 is 1.50 bits per heavy atom. The lowest BCUT2D eigenvalue weighted by atomic mass is 9.84. The van der Waals surface area contributed by atoms with Crippen LogP contribution in [0.3, 0.4) is 0 Å². The van der Waals surface area contributed by atoms with E-state index in [1.807, 2.05) is 0 Å². The van der Waals surface area contributed by atoms with Gasteiger partial charge in [-0.05, 0) is 19.3 Å². The first-order chi connectivity index (χ1) is 4.46. The van der Waals surface area contributed by atoms with Gasteiger partial charge in [0.25, 0.3) is 0 Å². The highest BCUT2D eigenvalue weighted by molar-refractivity contribution is 4.94. The van der Waals surface area contributed by atoms with E-state index >= 15 is 0 Å². The summed E-state index contributed by atoms with van der Waals surface area (Å²) in [6.45, 7) is 0. The van der Waals surface area contributed by atoms with E-state index in [9.17, 15) is 10.2 Å². The van der Waals surface area contributed by atoms with Gasteiger partial charge in [-0.1, -0.05) is 0 Å². The van der Waals surface area contributed by atoms with E-state index in [0.717, 1.165) is 12.8 Å². The Bertz CT molecular complexity index is 118. The molecule has 0 aromatic carbocycles. The van der Waals surface area contributed by atoms with Crippen LogP contribution in [0.2, 0.25) is 0 Å². The van der Waals surface area contributed by atoms with Crippen molar-refractivity contribution < 1.29 is 10.2 Å². The summed E-state index contributed by atoms with van der Waals surface area (Å²) in [7, 11) is 0. The topological polar surface area (TPSA) is 92.5 Å². The van der Waals surface area contributed by atoms with Crippen molar-refractivity contribution in [2.45, 2.75) is 37.1 Å². The van der Waals surface area contributed by atoms with Crippen molar-refractivity contribution in [1.29, 1.82) is 0 Å². The zero-order chi connectivity index (χ0) is 7.83. The van der Waals surface area contributed by atoms with Gasteiger partial charge < -0.3 is 21.7 Å². The van der Waals surface area contributed by atoms with Crippen molar-refractivity contribution in [3.8, 4) is 0 Å². The number of hydrogen-bond acceptors (Lipinski definition) is 4. The molecule has 4 nitrogen and oxygen atoms in total. The fourth-order valence-corrected chi connectivity index (χ4v) is 1.22. The van der Waals surface area contributed by atoms with E-state index in [1.165, 1.54) is 0 Å². The number of hydrogen-bond donors (Lipinski definition) is 4. The lowest BCUT2D eigenvalue weighted by Gasteiger charge is -2.41. The van der Waals surface area contributed by atoms with Gasteiger partial charge in [-0.2, -0.15) is 0 Å². The summed E-state index contributed by atoms with van der Waals surface area (Å²) in [6, 6.07) is 0. The molecule has 0 radical (unpaired) electrons. The molecule has 0 saturated heterocycles. The quantitative estimate of drug-likeness (QED) is 0.325. The maximum Gasteiger partial charge on any atom is 0.194 e. The van der Waals surface area contributed by atoms with Crippen LogP contribution in [0.4, 0.5) is 0 Å². The molecule has 0 amide bonds. The minimum Gasteiger partial charge on any atom is -0.363 e. The second-order valence-electron chi connectivity index (χ2n) is 3.06. The van der Waals surface area contributed by atoms with Crippen LogP contribution < -0.4 is 11.5 Å². The summed E-state index contributed by atoms with van der Waals surface area (Å²) >= 11 is 0. The zero-order valence-electron chi connectivity index (χ0n) is 5.88. The van der Waals surface area contributed by atoms with Gasteiger partial charge in [0.1, 0.15) is 5.66 Å². The maximum absolute atomic E-state index is 9.21. The second kappa shape index (κ2) is 2.17. The molecule has 4 heteroatoms. The number of rotatable bonds is 0. The molecule has 0 aromatic rings. The zero-order valence-corrected chi connectivity index (χ0v) is 5.88. The van der Waals surface area contributed by atoms with Crippen molar-refractivity contribution in [3.63, 3.8) is 0 Å². The SMILES string of the molecule is NC1(N)CCCCC1(O)O. The van der Waals surface area contributed by atoms with E-state index < -0.39 is 11.4 Å². The summed E-state index contributed by atoms with van der Waals surface area (Å²) in [4.78, 5) is 0. The van der Waals surface area contributed by atoms with Crippen LogP contribution in [-0.2, 0) is 0 Å². The second-order valence-corrected chi connectivity index (χ2v) is 3.06. The maximum atomic E-state index is 9.21. The number of aliphatic hydroxyl groups is 2. The highest BCUT2D eigenvalue weighted by atomic mass is 16.5. The summed E-state index contributed by atoms with van der Waals surface area (Å²) in [5.41, 5.74) is 9.55. The van der Waals surface area contributed by atoms with Crippen LogP contribution >= 0.6 is 0 Å². The number of nitrogens with two attached hydrogens (primary N) is 2. The van der Waals surface area contributed by atoms with Gasteiger partial charge in [0, 0.05) is 6.42 Å². The molecule has 0 aliphatic heterocycles. The van der Waals surface area contributed by atoms with Crippen LogP contribution in [0.15, 0.2) is 0 Å². The van der Waals surface area contributed by atoms with Crippen molar-refractivity contribution in [2.75, 3.05) is 0 Å². The van der Waals surface area contributed by atoms with Crippen LogP contribution in [0.1, 0.15) is 25.7 Å². The Balaban J connectivity index is 2.70. The Hall–Kier alpha value is -0.160. The third kappa shape index (κ3) is 1.15. The van der Waals surface area contributed by atoms with Gasteiger partial charge >= 0.3 is 0 Å². The summed E-state index contributed by atoms with van der Waals surface area (Å²) in [5.74, 6) is -1.87. The van der Waals surface area contributed by atoms with Gasteiger partial charge in [-0.15, -0.1) is 0 Å². The normalized spacial score (nSPS) is 30.0. The Kier molecular flexibility index (Phi) is 1.72. The molecule has 1 rings (SSSR count). The molecule has 0 heterocycles. The molecular formula is C6H14N2O2. The molecule has 1 saturated carbocycles. The molecule has 1 fully saturated rings. The molecule has 6 N–H and O–H groups in total. The molecular weight excluding hydrogens is 132 g/mol. The summed E-state index contributed by atoms with van der Waals surface area (Å²) < 4.78 is 0. The van der Waals surface area contributed by atoms with E-state index in [4.69, 9.17) is 11.5 Å². The lowest BCUT2D eigenvalue weighted by Crippen LogP contribution is -2.68. The van der Waals surface area contributed by atoms with E-state index in [1.54, 1.807) is 0 Å². The van der Waals surface area contributed by atoms with Crippen LogP contribution in [0.5, 0.6) is 0 Å². The fourth-order valence-electron chi connectivity index (χ4n) is 1.22. The predicted octanol–water partition coefficient (Wildman–Crippen LogP) is -1.15. The first-order valence-corrected chi connectivity index (χ1v) is 3.48. The smallest absolute Gasteiger partial charge is 0.194 e.